The first-order valence-electron chi connectivity index (χ1n) is 11.2. The highest BCUT2D eigenvalue weighted by Gasteiger charge is 2.19. The molecule has 0 aliphatic heterocycles. The Hall–Kier alpha value is -1.86. The second-order valence-electron chi connectivity index (χ2n) is 8.34. The average Bonchev–Trinajstić information content (AvgIpc) is 3.14. The van der Waals surface area contributed by atoms with Gasteiger partial charge in [-0.1, -0.05) is 98.1 Å². The highest BCUT2D eigenvalue weighted by molar-refractivity contribution is 6.48. The van der Waals surface area contributed by atoms with Crippen LogP contribution in [0.1, 0.15) is 80.7 Å². The van der Waals surface area contributed by atoms with Crippen LogP contribution in [0, 0.1) is 0 Å². The first-order chi connectivity index (χ1) is 13.7. The summed E-state index contributed by atoms with van der Waals surface area (Å²) >= 11 is 0. The van der Waals surface area contributed by atoms with Crippen molar-refractivity contribution in [2.24, 2.45) is 0 Å². The zero-order valence-corrected chi connectivity index (χ0v) is 19.4. The molecule has 148 valence electrons. The summed E-state index contributed by atoms with van der Waals surface area (Å²) in [5.41, 5.74) is 8.11. The van der Waals surface area contributed by atoms with Crippen molar-refractivity contribution in [2.45, 2.75) is 71.3 Å². The zero-order valence-electron chi connectivity index (χ0n) is 18.0. The second-order valence-corrected chi connectivity index (χ2v) is 10.4. The summed E-state index contributed by atoms with van der Waals surface area (Å²) in [4.78, 5) is 0. The Bertz CT molecular complexity index is 742. The van der Waals surface area contributed by atoms with E-state index in [0.717, 1.165) is 0 Å². The molecule has 3 rings (SSSR count). The van der Waals surface area contributed by atoms with Gasteiger partial charge in [-0.05, 0) is 61.3 Å². The molecule has 0 atom stereocenters. The Kier molecular flexibility index (Phi) is 7.91. The fourth-order valence-electron chi connectivity index (χ4n) is 4.17. The van der Waals surface area contributed by atoms with Crippen LogP contribution in [0.25, 0.3) is 0 Å². The molecule has 1 aliphatic carbocycles. The van der Waals surface area contributed by atoms with Crippen LogP contribution in [0.5, 0.6) is 0 Å². The molecule has 1 heteroatoms. The van der Waals surface area contributed by atoms with Crippen molar-refractivity contribution in [2.75, 3.05) is 0 Å². The summed E-state index contributed by atoms with van der Waals surface area (Å²) in [6, 6.07) is 19.1. The van der Waals surface area contributed by atoms with E-state index < -0.39 is 0 Å². The molecule has 0 nitrogen and oxygen atoms in total. The average molecular weight is 389 g/mol. The number of rotatable bonds is 10. The van der Waals surface area contributed by atoms with Gasteiger partial charge in [0.2, 0.25) is 0 Å². The predicted molar refractivity (Wildman–Crippen MR) is 127 cm³/mol. The molecule has 0 heterocycles. The smallest absolute Gasteiger partial charge is 0.0635 e. The van der Waals surface area contributed by atoms with Gasteiger partial charge in [0.05, 0.1) is 9.52 Å². The van der Waals surface area contributed by atoms with E-state index in [2.05, 4.69) is 81.5 Å². The quantitative estimate of drug-likeness (QED) is 0.390. The van der Waals surface area contributed by atoms with E-state index in [1.165, 1.54) is 72.8 Å². The Morgan fingerprint density at radius 1 is 0.786 bits per heavy atom. The van der Waals surface area contributed by atoms with Crippen molar-refractivity contribution < 1.29 is 0 Å². The van der Waals surface area contributed by atoms with Gasteiger partial charge >= 0.3 is 0 Å². The third-order valence-electron chi connectivity index (χ3n) is 6.14. The van der Waals surface area contributed by atoms with Crippen molar-refractivity contribution in [3.8, 4) is 0 Å². The van der Waals surface area contributed by atoms with Crippen LogP contribution in [-0.4, -0.2) is 9.52 Å². The molecule has 0 N–H and O–H groups in total. The first-order valence-corrected chi connectivity index (χ1v) is 12.8. The molecule has 2 aromatic carbocycles. The minimum absolute atomic E-state index is 0.381. The fraction of sp³-hybridized carbons (Fsp3) is 0.407. The van der Waals surface area contributed by atoms with E-state index in [9.17, 15) is 0 Å². The third kappa shape index (κ3) is 5.58. The summed E-state index contributed by atoms with van der Waals surface area (Å²) in [5.74, 6) is 0. The van der Waals surface area contributed by atoms with E-state index >= 15 is 0 Å². The van der Waals surface area contributed by atoms with Crippen LogP contribution >= 0.6 is 0 Å². The van der Waals surface area contributed by atoms with Crippen molar-refractivity contribution in [1.82, 2.24) is 0 Å². The number of benzene rings is 2. The largest absolute Gasteiger partial charge is 0.0806 e. The van der Waals surface area contributed by atoms with Crippen LogP contribution in [0.15, 0.2) is 71.5 Å². The Labute approximate surface area is 174 Å². The summed E-state index contributed by atoms with van der Waals surface area (Å²) in [6.45, 7) is 6.84. The van der Waals surface area contributed by atoms with Gasteiger partial charge < -0.3 is 0 Å². The van der Waals surface area contributed by atoms with Crippen molar-refractivity contribution >= 4 is 9.52 Å². The molecule has 0 amide bonds. The van der Waals surface area contributed by atoms with E-state index in [0.29, 0.717) is 5.54 Å². The van der Waals surface area contributed by atoms with Crippen molar-refractivity contribution in [3.63, 3.8) is 0 Å². The first kappa shape index (κ1) is 20.9. The van der Waals surface area contributed by atoms with E-state index in [1.807, 2.05) is 0 Å². The van der Waals surface area contributed by atoms with Gasteiger partial charge in [0.25, 0.3) is 0 Å². The minimum atomic E-state index is -0.381. The van der Waals surface area contributed by atoms with E-state index in [1.54, 1.807) is 5.20 Å². The fourth-order valence-corrected chi connectivity index (χ4v) is 6.45. The number of unbranched alkanes of at least 4 members (excludes halogenated alkanes) is 2. The molecule has 2 aromatic rings. The van der Waals surface area contributed by atoms with Gasteiger partial charge in [-0.15, -0.1) is 0 Å². The van der Waals surface area contributed by atoms with Crippen molar-refractivity contribution in [3.05, 3.63) is 93.7 Å². The molecular weight excluding hydrogens is 352 g/mol. The lowest BCUT2D eigenvalue weighted by atomic mass is 9.99. The van der Waals surface area contributed by atoms with Crippen LogP contribution in [-0.2, 0) is 12.8 Å². The van der Waals surface area contributed by atoms with Crippen LogP contribution in [0.3, 0.4) is 0 Å². The van der Waals surface area contributed by atoms with Gasteiger partial charge in [-0.2, -0.15) is 0 Å². The summed E-state index contributed by atoms with van der Waals surface area (Å²) in [5, 5.41) is 1.73. The highest BCUT2D eigenvalue weighted by atomic mass is 28.2. The van der Waals surface area contributed by atoms with Gasteiger partial charge in [-0.3, -0.25) is 0 Å². The summed E-state index contributed by atoms with van der Waals surface area (Å²) in [6.07, 6.45) is 13.4. The van der Waals surface area contributed by atoms with Gasteiger partial charge in [0.15, 0.2) is 0 Å². The Morgan fingerprint density at radius 2 is 1.29 bits per heavy atom. The lowest BCUT2D eigenvalue weighted by Gasteiger charge is -2.20. The molecule has 0 bridgehead atoms. The van der Waals surface area contributed by atoms with Gasteiger partial charge in [-0.25, -0.2) is 0 Å². The normalized spacial score (nSPS) is 14.1. The zero-order chi connectivity index (χ0) is 19.8. The van der Waals surface area contributed by atoms with Crippen LogP contribution in [0.2, 0.25) is 0 Å². The van der Waals surface area contributed by atoms with Gasteiger partial charge in [0.1, 0.15) is 0 Å². The standard InChI is InChI=1S/C27H36Si/c1-4-6-10-22-13-17-24(18-14-22)27(28-26-12-8-9-21(26)3)25-19-15-23(16-20-25)11-7-5-2/h8-9,13-20,27H,4-7,10-12,28H2,1-3H3. The summed E-state index contributed by atoms with van der Waals surface area (Å²) < 4.78 is 0. The molecule has 28 heavy (non-hydrogen) atoms. The molecule has 0 saturated carbocycles. The number of hydrogen-bond acceptors (Lipinski definition) is 0. The number of hydrogen-bond donors (Lipinski definition) is 0. The minimum Gasteiger partial charge on any atom is -0.0806 e. The molecule has 0 aromatic heterocycles. The van der Waals surface area contributed by atoms with Crippen LogP contribution < -0.4 is 0 Å². The molecule has 0 fully saturated rings. The molecule has 1 aliphatic rings. The molecular formula is C27H36Si. The lowest BCUT2D eigenvalue weighted by molar-refractivity contribution is 0.794. The number of aryl methyl sites for hydroxylation is 2. The molecule has 0 radical (unpaired) electrons. The molecule has 0 saturated heterocycles. The maximum atomic E-state index is 2.41. The maximum Gasteiger partial charge on any atom is 0.0635 e. The monoisotopic (exact) mass is 388 g/mol. The topological polar surface area (TPSA) is 0 Å². The molecule has 0 unspecified atom stereocenters. The molecule has 0 spiro atoms. The van der Waals surface area contributed by atoms with E-state index in [-0.39, 0.29) is 9.52 Å². The number of allylic oxidation sites excluding steroid dienone is 4. The third-order valence-corrected chi connectivity index (χ3v) is 8.83. The Balaban J connectivity index is 1.83. The second kappa shape index (κ2) is 10.6. The summed E-state index contributed by atoms with van der Waals surface area (Å²) in [7, 11) is -0.381. The SMILES string of the molecule is CCCCc1ccc(C([SiH2]C2=C(C)C=CC2)c2ccc(CCCC)cc2)cc1. The highest BCUT2D eigenvalue weighted by Crippen LogP contribution is 2.30. The van der Waals surface area contributed by atoms with Crippen LogP contribution in [0.4, 0.5) is 0 Å². The lowest BCUT2D eigenvalue weighted by Crippen LogP contribution is -2.13. The van der Waals surface area contributed by atoms with Crippen molar-refractivity contribution in [1.29, 1.82) is 0 Å². The van der Waals surface area contributed by atoms with Gasteiger partial charge in [0, 0.05) is 5.54 Å². The maximum absolute atomic E-state index is 2.41. The Morgan fingerprint density at radius 3 is 1.68 bits per heavy atom. The van der Waals surface area contributed by atoms with E-state index in [4.69, 9.17) is 0 Å². The predicted octanol–water partition coefficient (Wildman–Crippen LogP) is 6.86.